The van der Waals surface area contributed by atoms with E-state index in [1.807, 2.05) is 19.2 Å². The molecule has 1 aliphatic heterocycles. The number of nitrogens with one attached hydrogen (secondary N) is 3. The fourth-order valence-electron chi connectivity index (χ4n) is 2.25. The third kappa shape index (κ3) is 2.24. The van der Waals surface area contributed by atoms with E-state index in [1.54, 1.807) is 0 Å². The standard InChI is InChI=1S/C12H18FN3/c1-8-11(7-14-2)12(16-15-8)9-3-5-10(13)6-4-9/h3-6,8,11-12,14-16H,7H2,1-2H3. The molecule has 1 aliphatic rings. The maximum absolute atomic E-state index is 12.8. The summed E-state index contributed by atoms with van der Waals surface area (Å²) in [7, 11) is 1.95. The van der Waals surface area contributed by atoms with Crippen LogP contribution in [0.1, 0.15) is 18.5 Å². The summed E-state index contributed by atoms with van der Waals surface area (Å²) in [4.78, 5) is 0. The van der Waals surface area contributed by atoms with Crippen molar-refractivity contribution in [1.29, 1.82) is 0 Å². The highest BCUT2D eigenvalue weighted by molar-refractivity contribution is 5.22. The Kier molecular flexibility index (Phi) is 3.53. The highest BCUT2D eigenvalue weighted by Gasteiger charge is 2.33. The molecule has 16 heavy (non-hydrogen) atoms. The molecule has 88 valence electrons. The van der Waals surface area contributed by atoms with Crippen LogP contribution in [0.25, 0.3) is 0 Å². The molecule has 0 saturated carbocycles. The Balaban J connectivity index is 2.16. The summed E-state index contributed by atoms with van der Waals surface area (Å²) >= 11 is 0. The maximum Gasteiger partial charge on any atom is 0.123 e. The van der Waals surface area contributed by atoms with E-state index in [0.29, 0.717) is 12.0 Å². The van der Waals surface area contributed by atoms with Crippen molar-refractivity contribution in [2.45, 2.75) is 19.0 Å². The van der Waals surface area contributed by atoms with Crippen molar-refractivity contribution in [2.75, 3.05) is 13.6 Å². The van der Waals surface area contributed by atoms with E-state index in [9.17, 15) is 4.39 Å². The Morgan fingerprint density at radius 3 is 2.56 bits per heavy atom. The first-order valence-electron chi connectivity index (χ1n) is 5.63. The topological polar surface area (TPSA) is 36.1 Å². The molecule has 1 heterocycles. The minimum absolute atomic E-state index is 0.187. The van der Waals surface area contributed by atoms with Gasteiger partial charge in [-0.25, -0.2) is 9.82 Å². The van der Waals surface area contributed by atoms with Gasteiger partial charge in [0.1, 0.15) is 5.82 Å². The zero-order valence-electron chi connectivity index (χ0n) is 9.63. The molecule has 0 amide bonds. The van der Waals surface area contributed by atoms with Gasteiger partial charge >= 0.3 is 0 Å². The molecule has 2 rings (SSSR count). The molecule has 0 aliphatic carbocycles. The predicted molar refractivity (Wildman–Crippen MR) is 62.3 cm³/mol. The second kappa shape index (κ2) is 4.91. The molecule has 3 N–H and O–H groups in total. The van der Waals surface area contributed by atoms with Crippen LogP contribution in [0, 0.1) is 11.7 Å². The highest BCUT2D eigenvalue weighted by Crippen LogP contribution is 2.28. The van der Waals surface area contributed by atoms with Crippen molar-refractivity contribution >= 4 is 0 Å². The monoisotopic (exact) mass is 223 g/mol. The van der Waals surface area contributed by atoms with Crippen molar-refractivity contribution in [1.82, 2.24) is 16.2 Å². The van der Waals surface area contributed by atoms with Crippen LogP contribution in [-0.2, 0) is 0 Å². The van der Waals surface area contributed by atoms with Gasteiger partial charge < -0.3 is 5.32 Å². The first-order chi connectivity index (χ1) is 7.72. The molecular formula is C12H18FN3. The molecule has 0 aromatic heterocycles. The van der Waals surface area contributed by atoms with Gasteiger partial charge in [0.05, 0.1) is 6.04 Å². The van der Waals surface area contributed by atoms with Crippen molar-refractivity contribution in [3.05, 3.63) is 35.6 Å². The Hall–Kier alpha value is -0.970. The molecule has 3 unspecified atom stereocenters. The Morgan fingerprint density at radius 2 is 1.94 bits per heavy atom. The van der Waals surface area contributed by atoms with Gasteiger partial charge in [-0.05, 0) is 31.7 Å². The number of hydrazine groups is 1. The van der Waals surface area contributed by atoms with Gasteiger partial charge in [0.25, 0.3) is 0 Å². The molecule has 1 aromatic rings. The fourth-order valence-corrected chi connectivity index (χ4v) is 2.25. The van der Waals surface area contributed by atoms with E-state index in [4.69, 9.17) is 0 Å². The number of hydrogen-bond acceptors (Lipinski definition) is 3. The van der Waals surface area contributed by atoms with Crippen LogP contribution in [0.15, 0.2) is 24.3 Å². The largest absolute Gasteiger partial charge is 0.319 e. The molecule has 0 spiro atoms. The second-order valence-electron chi connectivity index (χ2n) is 4.33. The normalized spacial score (nSPS) is 29.6. The van der Waals surface area contributed by atoms with Gasteiger partial charge in [-0.15, -0.1) is 0 Å². The minimum Gasteiger partial charge on any atom is -0.319 e. The molecule has 1 aromatic carbocycles. The Morgan fingerprint density at radius 1 is 1.25 bits per heavy atom. The van der Waals surface area contributed by atoms with E-state index < -0.39 is 0 Å². The smallest absolute Gasteiger partial charge is 0.123 e. The van der Waals surface area contributed by atoms with Gasteiger partial charge in [-0.1, -0.05) is 12.1 Å². The average molecular weight is 223 g/mol. The second-order valence-corrected chi connectivity index (χ2v) is 4.33. The molecule has 3 atom stereocenters. The van der Waals surface area contributed by atoms with Crippen molar-refractivity contribution in [3.8, 4) is 0 Å². The van der Waals surface area contributed by atoms with Gasteiger partial charge in [0, 0.05) is 18.5 Å². The summed E-state index contributed by atoms with van der Waals surface area (Å²) in [5.74, 6) is 0.281. The fraction of sp³-hybridized carbons (Fsp3) is 0.500. The molecule has 0 radical (unpaired) electrons. The zero-order valence-corrected chi connectivity index (χ0v) is 9.63. The predicted octanol–water partition coefficient (Wildman–Crippen LogP) is 1.20. The van der Waals surface area contributed by atoms with Crippen LogP contribution < -0.4 is 16.2 Å². The number of benzene rings is 1. The first kappa shape index (κ1) is 11.5. The van der Waals surface area contributed by atoms with Crippen LogP contribution in [0.2, 0.25) is 0 Å². The summed E-state index contributed by atoms with van der Waals surface area (Å²) < 4.78 is 12.8. The van der Waals surface area contributed by atoms with Crippen LogP contribution in [-0.4, -0.2) is 19.6 Å². The van der Waals surface area contributed by atoms with E-state index >= 15 is 0 Å². The highest BCUT2D eigenvalue weighted by atomic mass is 19.1. The summed E-state index contributed by atoms with van der Waals surface area (Å²) in [5.41, 5.74) is 7.62. The van der Waals surface area contributed by atoms with E-state index in [1.165, 1.54) is 12.1 Å². The molecule has 3 nitrogen and oxygen atoms in total. The number of rotatable bonds is 3. The Bertz CT molecular complexity index is 339. The van der Waals surface area contributed by atoms with Crippen LogP contribution in [0.3, 0.4) is 0 Å². The summed E-state index contributed by atoms with van der Waals surface area (Å²) in [6.45, 7) is 3.09. The van der Waals surface area contributed by atoms with Gasteiger partial charge in [0.15, 0.2) is 0 Å². The summed E-state index contributed by atoms with van der Waals surface area (Å²) in [6.07, 6.45) is 0. The van der Waals surface area contributed by atoms with Gasteiger partial charge in [-0.2, -0.15) is 0 Å². The number of halogens is 1. The van der Waals surface area contributed by atoms with Crippen LogP contribution in [0.5, 0.6) is 0 Å². The summed E-state index contributed by atoms with van der Waals surface area (Å²) in [6, 6.07) is 7.35. The van der Waals surface area contributed by atoms with Gasteiger partial charge in [0.2, 0.25) is 0 Å². The molecule has 1 saturated heterocycles. The third-order valence-electron chi connectivity index (χ3n) is 3.21. The van der Waals surface area contributed by atoms with Crippen LogP contribution >= 0.6 is 0 Å². The SMILES string of the molecule is CNCC1C(C)NNC1c1ccc(F)cc1. The lowest BCUT2D eigenvalue weighted by Crippen LogP contribution is -2.31. The summed E-state index contributed by atoms with van der Waals surface area (Å²) in [5, 5.41) is 3.20. The molecule has 1 fully saturated rings. The van der Waals surface area contributed by atoms with Gasteiger partial charge in [-0.3, -0.25) is 5.43 Å². The maximum atomic E-state index is 12.8. The molecule has 4 heteroatoms. The molecule has 0 bridgehead atoms. The average Bonchev–Trinajstić information content (AvgIpc) is 2.63. The zero-order chi connectivity index (χ0) is 11.5. The van der Waals surface area contributed by atoms with Crippen LogP contribution in [0.4, 0.5) is 4.39 Å². The lowest BCUT2D eigenvalue weighted by Gasteiger charge is -2.20. The number of hydrogen-bond donors (Lipinski definition) is 3. The van der Waals surface area contributed by atoms with Crippen molar-refractivity contribution in [3.63, 3.8) is 0 Å². The first-order valence-corrected chi connectivity index (χ1v) is 5.63. The van der Waals surface area contributed by atoms with E-state index in [-0.39, 0.29) is 11.9 Å². The molecular weight excluding hydrogens is 205 g/mol. The van der Waals surface area contributed by atoms with E-state index in [2.05, 4.69) is 23.1 Å². The lowest BCUT2D eigenvalue weighted by molar-refractivity contribution is 0.417. The Labute approximate surface area is 95.4 Å². The quantitative estimate of drug-likeness (QED) is 0.720. The minimum atomic E-state index is -0.187. The van der Waals surface area contributed by atoms with Crippen molar-refractivity contribution in [2.24, 2.45) is 5.92 Å². The van der Waals surface area contributed by atoms with E-state index in [0.717, 1.165) is 12.1 Å². The third-order valence-corrected chi connectivity index (χ3v) is 3.21. The van der Waals surface area contributed by atoms with Crippen molar-refractivity contribution < 1.29 is 4.39 Å². The lowest BCUT2D eigenvalue weighted by atomic mass is 9.90.